The van der Waals surface area contributed by atoms with Gasteiger partial charge in [-0.15, -0.1) is 0 Å². The fourth-order valence-electron chi connectivity index (χ4n) is 1.54. The summed E-state index contributed by atoms with van der Waals surface area (Å²) in [6.45, 7) is 3.54. The molecular weight excluding hydrogens is 258 g/mol. The molecule has 6 heteroatoms. The predicted octanol–water partition coefficient (Wildman–Crippen LogP) is 0.941. The fourth-order valence-corrected chi connectivity index (χ4v) is 1.54. The van der Waals surface area contributed by atoms with Gasteiger partial charge in [-0.2, -0.15) is 0 Å². The first-order chi connectivity index (χ1) is 9.52. The molecule has 0 unspecified atom stereocenters. The lowest BCUT2D eigenvalue weighted by Gasteiger charge is -2.19. The van der Waals surface area contributed by atoms with Gasteiger partial charge in [-0.1, -0.05) is 32.0 Å². The van der Waals surface area contributed by atoms with Gasteiger partial charge in [-0.25, -0.2) is 4.79 Å². The van der Waals surface area contributed by atoms with E-state index in [9.17, 15) is 9.59 Å². The normalized spacial score (nSPS) is 11.8. The molecule has 0 aromatic heterocycles. The zero-order valence-electron chi connectivity index (χ0n) is 11.7. The standard InChI is InChI=1S/C14H21N3O3/c1-10(2)12(9-18)17-13(19)8-15-14(20)16-11-6-4-3-5-7-11/h3-7,10,12,18H,8-9H2,1-2H3,(H,17,19)(H2,15,16,20)/t12-/m1/s1. The fraction of sp³-hybridized carbons (Fsp3) is 0.429. The minimum atomic E-state index is -0.448. The second kappa shape index (κ2) is 8.16. The van der Waals surface area contributed by atoms with Gasteiger partial charge in [0.25, 0.3) is 0 Å². The van der Waals surface area contributed by atoms with Crippen LogP contribution in [0.5, 0.6) is 0 Å². The molecule has 20 heavy (non-hydrogen) atoms. The third-order valence-corrected chi connectivity index (χ3v) is 2.79. The summed E-state index contributed by atoms with van der Waals surface area (Å²) in [5, 5.41) is 16.8. The molecule has 110 valence electrons. The smallest absolute Gasteiger partial charge is 0.319 e. The topological polar surface area (TPSA) is 90.5 Å². The van der Waals surface area contributed by atoms with Crippen molar-refractivity contribution in [3.8, 4) is 0 Å². The third-order valence-electron chi connectivity index (χ3n) is 2.79. The summed E-state index contributed by atoms with van der Waals surface area (Å²) in [6, 6.07) is 8.20. The molecule has 0 saturated carbocycles. The van der Waals surface area contributed by atoms with Crippen molar-refractivity contribution >= 4 is 17.6 Å². The van der Waals surface area contributed by atoms with Crippen LogP contribution in [-0.2, 0) is 4.79 Å². The first-order valence-corrected chi connectivity index (χ1v) is 6.53. The highest BCUT2D eigenvalue weighted by atomic mass is 16.3. The molecule has 0 aliphatic carbocycles. The Kier molecular flexibility index (Phi) is 6.52. The molecule has 0 aliphatic heterocycles. The summed E-state index contributed by atoms with van der Waals surface area (Å²) >= 11 is 0. The van der Waals surface area contributed by atoms with E-state index >= 15 is 0 Å². The Hall–Kier alpha value is -2.08. The van der Waals surface area contributed by atoms with Gasteiger partial charge in [0.1, 0.15) is 0 Å². The molecule has 1 aromatic carbocycles. The number of urea groups is 1. The zero-order chi connectivity index (χ0) is 15.0. The number of aliphatic hydroxyl groups is 1. The minimum absolute atomic E-state index is 0.125. The lowest BCUT2D eigenvalue weighted by Crippen LogP contribution is -2.46. The number of aliphatic hydroxyl groups excluding tert-OH is 1. The van der Waals surface area contributed by atoms with E-state index in [2.05, 4.69) is 16.0 Å². The molecule has 1 rings (SSSR count). The molecule has 1 aromatic rings. The average molecular weight is 279 g/mol. The van der Waals surface area contributed by atoms with Crippen molar-refractivity contribution in [2.75, 3.05) is 18.5 Å². The molecule has 0 fully saturated rings. The van der Waals surface area contributed by atoms with Crippen molar-refractivity contribution < 1.29 is 14.7 Å². The van der Waals surface area contributed by atoms with Crippen LogP contribution in [0.1, 0.15) is 13.8 Å². The first-order valence-electron chi connectivity index (χ1n) is 6.53. The molecule has 0 bridgehead atoms. The summed E-state index contributed by atoms with van der Waals surface area (Å²) < 4.78 is 0. The maximum absolute atomic E-state index is 11.6. The maximum Gasteiger partial charge on any atom is 0.319 e. The van der Waals surface area contributed by atoms with Crippen molar-refractivity contribution in [1.82, 2.24) is 10.6 Å². The summed E-state index contributed by atoms with van der Waals surface area (Å²) in [6.07, 6.45) is 0. The molecule has 0 saturated heterocycles. The average Bonchev–Trinajstić information content (AvgIpc) is 2.43. The molecule has 0 aliphatic rings. The van der Waals surface area contributed by atoms with Crippen LogP contribution in [0, 0.1) is 5.92 Å². The number of carbonyl (C=O) groups excluding carboxylic acids is 2. The molecule has 6 nitrogen and oxygen atoms in total. The quantitative estimate of drug-likeness (QED) is 0.624. The second-order valence-corrected chi connectivity index (χ2v) is 4.77. The van der Waals surface area contributed by atoms with Crippen LogP contribution in [0.3, 0.4) is 0 Å². The van der Waals surface area contributed by atoms with Crippen molar-refractivity contribution in [3.63, 3.8) is 0 Å². The highest BCUT2D eigenvalue weighted by molar-refractivity contribution is 5.92. The molecule has 0 spiro atoms. The number of hydrogen-bond acceptors (Lipinski definition) is 3. The lowest BCUT2D eigenvalue weighted by atomic mass is 10.1. The van der Waals surface area contributed by atoms with Crippen molar-refractivity contribution in [2.24, 2.45) is 5.92 Å². The van der Waals surface area contributed by atoms with Gasteiger partial charge in [-0.05, 0) is 18.1 Å². The summed E-state index contributed by atoms with van der Waals surface area (Å²) in [7, 11) is 0. The number of hydrogen-bond donors (Lipinski definition) is 4. The monoisotopic (exact) mass is 279 g/mol. The third kappa shape index (κ3) is 5.71. The first kappa shape index (κ1) is 16.0. The number of para-hydroxylation sites is 1. The number of anilines is 1. The van der Waals surface area contributed by atoms with Crippen molar-refractivity contribution in [1.29, 1.82) is 0 Å². The molecule has 4 N–H and O–H groups in total. The number of amides is 3. The van der Waals surface area contributed by atoms with Gasteiger partial charge < -0.3 is 21.1 Å². The van der Waals surface area contributed by atoms with Gasteiger partial charge >= 0.3 is 6.03 Å². The number of rotatable bonds is 6. The largest absolute Gasteiger partial charge is 0.394 e. The summed E-state index contributed by atoms with van der Waals surface area (Å²) in [5.74, 6) is -0.206. The van der Waals surface area contributed by atoms with Crippen LogP contribution in [0.4, 0.5) is 10.5 Å². The van der Waals surface area contributed by atoms with Crippen molar-refractivity contribution in [3.05, 3.63) is 30.3 Å². The number of benzene rings is 1. The molecule has 0 heterocycles. The van der Waals surface area contributed by atoms with Gasteiger partial charge in [0.15, 0.2) is 0 Å². The van der Waals surface area contributed by atoms with E-state index in [0.29, 0.717) is 5.69 Å². The molecule has 3 amide bonds. The van der Waals surface area contributed by atoms with Crippen LogP contribution in [-0.4, -0.2) is 36.2 Å². The Morgan fingerprint density at radius 2 is 1.85 bits per heavy atom. The zero-order valence-corrected chi connectivity index (χ0v) is 11.7. The van der Waals surface area contributed by atoms with Gasteiger partial charge in [-0.3, -0.25) is 4.79 Å². The SMILES string of the molecule is CC(C)[C@@H](CO)NC(=O)CNC(=O)Nc1ccccc1. The van der Waals surface area contributed by atoms with Crippen molar-refractivity contribution in [2.45, 2.75) is 19.9 Å². The van der Waals surface area contributed by atoms with Crippen LogP contribution in [0.2, 0.25) is 0 Å². The van der Waals surface area contributed by atoms with Crippen LogP contribution in [0.15, 0.2) is 30.3 Å². The summed E-state index contributed by atoms with van der Waals surface area (Å²) in [5.41, 5.74) is 0.654. The van der Waals surface area contributed by atoms with Crippen LogP contribution in [0.25, 0.3) is 0 Å². The highest BCUT2D eigenvalue weighted by Crippen LogP contribution is 2.04. The lowest BCUT2D eigenvalue weighted by molar-refractivity contribution is -0.121. The Labute approximate surface area is 118 Å². The minimum Gasteiger partial charge on any atom is -0.394 e. The van der Waals surface area contributed by atoms with Gasteiger partial charge in [0.2, 0.25) is 5.91 Å². The second-order valence-electron chi connectivity index (χ2n) is 4.77. The van der Waals surface area contributed by atoms with Gasteiger partial charge in [0, 0.05) is 5.69 Å². The maximum atomic E-state index is 11.6. The van der Waals surface area contributed by atoms with E-state index in [-0.39, 0.29) is 31.0 Å². The predicted molar refractivity (Wildman–Crippen MR) is 77.3 cm³/mol. The highest BCUT2D eigenvalue weighted by Gasteiger charge is 2.15. The number of carbonyl (C=O) groups is 2. The van der Waals surface area contributed by atoms with Gasteiger partial charge in [0.05, 0.1) is 19.2 Å². The van der Waals surface area contributed by atoms with Crippen LogP contribution < -0.4 is 16.0 Å². The van der Waals surface area contributed by atoms with E-state index in [1.54, 1.807) is 24.3 Å². The Morgan fingerprint density at radius 3 is 2.40 bits per heavy atom. The summed E-state index contributed by atoms with van der Waals surface area (Å²) in [4.78, 5) is 23.2. The molecule has 0 radical (unpaired) electrons. The molecule has 1 atom stereocenters. The van der Waals surface area contributed by atoms with E-state index in [0.717, 1.165) is 0 Å². The Balaban J connectivity index is 2.32. The van der Waals surface area contributed by atoms with E-state index in [4.69, 9.17) is 5.11 Å². The van der Waals surface area contributed by atoms with E-state index in [1.165, 1.54) is 0 Å². The van der Waals surface area contributed by atoms with E-state index < -0.39 is 6.03 Å². The van der Waals surface area contributed by atoms with Crippen LogP contribution >= 0.6 is 0 Å². The number of nitrogens with one attached hydrogen (secondary N) is 3. The Bertz CT molecular complexity index is 435. The van der Waals surface area contributed by atoms with E-state index in [1.807, 2.05) is 19.9 Å². The molecular formula is C14H21N3O3. The Morgan fingerprint density at radius 1 is 1.20 bits per heavy atom.